The molecular formula is C29H31ClF3N3O4S. The van der Waals surface area contributed by atoms with E-state index < -0.39 is 56.9 Å². The number of nitrogens with one attached hydrogen (secondary N) is 1. The molecule has 41 heavy (non-hydrogen) atoms. The first kappa shape index (κ1) is 32.0. The van der Waals surface area contributed by atoms with Crippen LogP contribution in [0.4, 0.5) is 18.9 Å². The van der Waals surface area contributed by atoms with Gasteiger partial charge in [-0.25, -0.2) is 8.42 Å². The molecule has 0 spiro atoms. The lowest BCUT2D eigenvalue weighted by molar-refractivity contribution is -0.139. The molecule has 12 heteroatoms. The van der Waals surface area contributed by atoms with Crippen LogP contribution in [0.3, 0.4) is 0 Å². The van der Waals surface area contributed by atoms with Gasteiger partial charge < -0.3 is 10.2 Å². The van der Waals surface area contributed by atoms with E-state index in [-0.39, 0.29) is 11.4 Å². The first-order chi connectivity index (χ1) is 19.3. The van der Waals surface area contributed by atoms with Gasteiger partial charge in [0.2, 0.25) is 11.8 Å². The highest BCUT2D eigenvalue weighted by molar-refractivity contribution is 7.92. The predicted octanol–water partition coefficient (Wildman–Crippen LogP) is 5.81. The minimum absolute atomic E-state index is 0.0279. The number of rotatable bonds is 11. The van der Waals surface area contributed by atoms with Crippen LogP contribution in [-0.2, 0) is 32.3 Å². The number of carbonyl (C=O) groups is 2. The van der Waals surface area contributed by atoms with Gasteiger partial charge in [-0.3, -0.25) is 13.9 Å². The monoisotopic (exact) mass is 609 g/mol. The maximum Gasteiger partial charge on any atom is 0.417 e. The lowest BCUT2D eigenvalue weighted by Crippen LogP contribution is -2.51. The number of nitrogens with zero attached hydrogens (tertiary/aromatic N) is 2. The molecule has 0 bridgehead atoms. The zero-order chi connectivity index (χ0) is 30.4. The molecule has 1 atom stereocenters. The fraction of sp³-hybridized carbons (Fsp3) is 0.310. The van der Waals surface area contributed by atoms with Crippen molar-refractivity contribution in [2.24, 2.45) is 0 Å². The van der Waals surface area contributed by atoms with Crippen LogP contribution in [0.1, 0.15) is 37.0 Å². The molecule has 2 amide bonds. The molecule has 0 saturated carbocycles. The lowest BCUT2D eigenvalue weighted by atomic mass is 10.1. The summed E-state index contributed by atoms with van der Waals surface area (Å²) in [6.45, 7) is 4.69. The second kappa shape index (κ2) is 13.4. The zero-order valence-corrected chi connectivity index (χ0v) is 24.4. The lowest BCUT2D eigenvalue weighted by Gasteiger charge is -2.32. The van der Waals surface area contributed by atoms with Crippen molar-refractivity contribution in [2.75, 3.05) is 17.4 Å². The van der Waals surface area contributed by atoms with Gasteiger partial charge in [0.1, 0.15) is 12.6 Å². The zero-order valence-electron chi connectivity index (χ0n) is 22.8. The van der Waals surface area contributed by atoms with Crippen LogP contribution >= 0.6 is 11.6 Å². The van der Waals surface area contributed by atoms with Gasteiger partial charge in [0.15, 0.2) is 0 Å². The average molecular weight is 610 g/mol. The standard InChI is InChI=1S/C29H31ClF3N3O4S/c1-4-16-34-28(38)21(3)35(18-22-11-9-8-10-20(22)2)27(37)19-36(41(39,40)24-12-6-5-7-13-24)23-14-15-26(30)25(17-23)29(31,32)33/h5-15,17,21H,4,16,18-19H2,1-3H3,(H,34,38). The third-order valence-electron chi connectivity index (χ3n) is 6.47. The van der Waals surface area contributed by atoms with Crippen molar-refractivity contribution in [3.8, 4) is 0 Å². The Labute approximate surface area is 243 Å². The van der Waals surface area contributed by atoms with Crippen LogP contribution in [0.2, 0.25) is 5.02 Å². The van der Waals surface area contributed by atoms with Crippen LogP contribution in [0.25, 0.3) is 0 Å². The molecule has 0 aliphatic rings. The molecular weight excluding hydrogens is 579 g/mol. The number of halogens is 4. The average Bonchev–Trinajstić information content (AvgIpc) is 2.93. The van der Waals surface area contributed by atoms with Crippen LogP contribution in [0.15, 0.2) is 77.7 Å². The van der Waals surface area contributed by atoms with E-state index in [2.05, 4.69) is 5.32 Å². The van der Waals surface area contributed by atoms with Crippen LogP contribution in [-0.4, -0.2) is 44.3 Å². The molecule has 3 aromatic carbocycles. The van der Waals surface area contributed by atoms with Crippen LogP contribution < -0.4 is 9.62 Å². The molecule has 0 aliphatic carbocycles. The summed E-state index contributed by atoms with van der Waals surface area (Å²) in [5.74, 6) is -1.23. The first-order valence-corrected chi connectivity index (χ1v) is 14.6. The fourth-order valence-corrected chi connectivity index (χ4v) is 5.74. The molecule has 1 unspecified atom stereocenters. The molecule has 0 heterocycles. The number of sulfonamides is 1. The Morgan fingerprint density at radius 1 is 1.00 bits per heavy atom. The van der Waals surface area contributed by atoms with Crippen molar-refractivity contribution in [1.29, 1.82) is 0 Å². The summed E-state index contributed by atoms with van der Waals surface area (Å²) in [7, 11) is -4.52. The minimum Gasteiger partial charge on any atom is -0.354 e. The van der Waals surface area contributed by atoms with Gasteiger partial charge in [-0.1, -0.05) is 61.0 Å². The quantitative estimate of drug-likeness (QED) is 0.297. The van der Waals surface area contributed by atoms with Crippen molar-refractivity contribution in [3.05, 3.63) is 94.5 Å². The second-order valence-electron chi connectivity index (χ2n) is 9.40. The summed E-state index contributed by atoms with van der Waals surface area (Å²) in [6.07, 6.45) is -4.21. The maximum atomic E-state index is 13.9. The molecule has 0 radical (unpaired) electrons. The van der Waals surface area contributed by atoms with Gasteiger partial charge in [-0.15, -0.1) is 0 Å². The number of carbonyl (C=O) groups excluding carboxylic acids is 2. The van der Waals surface area contributed by atoms with Gasteiger partial charge in [0, 0.05) is 13.1 Å². The third kappa shape index (κ3) is 7.80. The smallest absolute Gasteiger partial charge is 0.354 e. The minimum atomic E-state index is -4.87. The Hall–Kier alpha value is -3.57. The second-order valence-corrected chi connectivity index (χ2v) is 11.7. The van der Waals surface area contributed by atoms with E-state index >= 15 is 0 Å². The highest BCUT2D eigenvalue weighted by Gasteiger charge is 2.37. The summed E-state index contributed by atoms with van der Waals surface area (Å²) >= 11 is 5.79. The van der Waals surface area contributed by atoms with Crippen LogP contribution in [0.5, 0.6) is 0 Å². The fourth-order valence-electron chi connectivity index (χ4n) is 4.08. The van der Waals surface area contributed by atoms with E-state index in [1.54, 1.807) is 18.2 Å². The molecule has 220 valence electrons. The third-order valence-corrected chi connectivity index (χ3v) is 8.59. The summed E-state index contributed by atoms with van der Waals surface area (Å²) in [5, 5.41) is 2.12. The van der Waals surface area contributed by atoms with Crippen molar-refractivity contribution in [1.82, 2.24) is 10.2 Å². The van der Waals surface area contributed by atoms with E-state index in [1.165, 1.54) is 36.1 Å². The van der Waals surface area contributed by atoms with Crippen molar-refractivity contribution in [3.63, 3.8) is 0 Å². The first-order valence-electron chi connectivity index (χ1n) is 12.8. The van der Waals surface area contributed by atoms with Gasteiger partial charge in [0.05, 0.1) is 21.2 Å². The topological polar surface area (TPSA) is 86.8 Å². The molecule has 7 nitrogen and oxygen atoms in total. The molecule has 0 aliphatic heterocycles. The largest absolute Gasteiger partial charge is 0.417 e. The number of hydrogen-bond acceptors (Lipinski definition) is 4. The van der Waals surface area contributed by atoms with Gasteiger partial charge in [-0.2, -0.15) is 13.2 Å². The van der Waals surface area contributed by atoms with Gasteiger partial charge in [-0.05, 0) is 61.7 Å². The van der Waals surface area contributed by atoms with Crippen molar-refractivity contribution >= 4 is 39.1 Å². The number of amides is 2. The maximum absolute atomic E-state index is 13.9. The van der Waals surface area contributed by atoms with Crippen LogP contribution in [0, 0.1) is 6.92 Å². The van der Waals surface area contributed by atoms with E-state index in [1.807, 2.05) is 26.0 Å². The Balaban J connectivity index is 2.11. The Morgan fingerprint density at radius 3 is 2.24 bits per heavy atom. The summed E-state index contributed by atoms with van der Waals surface area (Å²) in [6, 6.07) is 15.9. The molecule has 3 aromatic rings. The van der Waals surface area contributed by atoms with Crippen molar-refractivity contribution in [2.45, 2.75) is 50.9 Å². The summed E-state index contributed by atoms with van der Waals surface area (Å²) in [5.41, 5.74) is -0.0913. The van der Waals surface area contributed by atoms with Gasteiger partial charge >= 0.3 is 6.18 Å². The summed E-state index contributed by atoms with van der Waals surface area (Å²) < 4.78 is 69.2. The Bertz CT molecular complexity index is 1480. The molecule has 0 aromatic heterocycles. The molecule has 1 N–H and O–H groups in total. The summed E-state index contributed by atoms with van der Waals surface area (Å²) in [4.78, 5) is 27.8. The molecule has 3 rings (SSSR count). The Morgan fingerprint density at radius 2 is 1.63 bits per heavy atom. The number of hydrogen-bond donors (Lipinski definition) is 1. The van der Waals surface area contributed by atoms with E-state index in [9.17, 15) is 31.2 Å². The van der Waals surface area contributed by atoms with E-state index in [0.29, 0.717) is 23.3 Å². The number of alkyl halides is 3. The normalized spacial score (nSPS) is 12.5. The predicted molar refractivity (Wildman–Crippen MR) is 152 cm³/mol. The molecule has 0 fully saturated rings. The highest BCUT2D eigenvalue weighted by Crippen LogP contribution is 2.38. The van der Waals surface area contributed by atoms with E-state index in [0.717, 1.165) is 23.3 Å². The van der Waals surface area contributed by atoms with Gasteiger partial charge in [0.25, 0.3) is 10.0 Å². The highest BCUT2D eigenvalue weighted by atomic mass is 35.5. The SMILES string of the molecule is CCCNC(=O)C(C)N(Cc1ccccc1C)C(=O)CN(c1ccc(Cl)c(C(F)(F)F)c1)S(=O)(=O)c1ccccc1. The number of benzene rings is 3. The number of aryl methyl sites for hydroxylation is 1. The number of anilines is 1. The Kier molecular flexibility index (Phi) is 10.4. The van der Waals surface area contributed by atoms with Crippen molar-refractivity contribution < 1.29 is 31.2 Å². The van der Waals surface area contributed by atoms with E-state index in [4.69, 9.17) is 11.6 Å². The molecule has 0 saturated heterocycles.